The van der Waals surface area contributed by atoms with E-state index in [1.54, 1.807) is 29.4 Å². The van der Waals surface area contributed by atoms with Gasteiger partial charge in [-0.25, -0.2) is 14.8 Å². The van der Waals surface area contributed by atoms with E-state index in [1.165, 1.54) is 11.3 Å². The minimum absolute atomic E-state index is 0.132. The minimum Gasteiger partial charge on any atom is -0.467 e. The molecule has 3 heterocycles. The Bertz CT molecular complexity index is 1120. The average molecular weight is 525 g/mol. The van der Waals surface area contributed by atoms with E-state index in [0.29, 0.717) is 29.9 Å². The van der Waals surface area contributed by atoms with Gasteiger partial charge in [0.05, 0.1) is 5.56 Å². The number of carbonyl (C=O) groups is 1. The molecular weight excluding hydrogens is 496 g/mol. The van der Waals surface area contributed by atoms with Crippen LogP contribution in [0.1, 0.15) is 33.6 Å². The van der Waals surface area contributed by atoms with Crippen LogP contribution in [0.15, 0.2) is 18.2 Å². The summed E-state index contributed by atoms with van der Waals surface area (Å²) in [7, 11) is 3.64. The van der Waals surface area contributed by atoms with Crippen LogP contribution in [-0.2, 0) is 9.47 Å². The number of aromatic nitrogens is 2. The average Bonchev–Trinajstić information content (AvgIpc) is 3.35. The number of anilines is 1. The van der Waals surface area contributed by atoms with Gasteiger partial charge in [-0.15, -0.1) is 0 Å². The lowest BCUT2D eigenvalue weighted by molar-refractivity contribution is 0.0205. The van der Waals surface area contributed by atoms with Gasteiger partial charge in [0.15, 0.2) is 21.6 Å². The zero-order valence-electron chi connectivity index (χ0n) is 20.0. The molecule has 0 bridgehead atoms. The molecule has 1 aliphatic rings. The molecular formula is C23H29ClN4O4S2. The maximum absolute atomic E-state index is 12.3. The van der Waals surface area contributed by atoms with Gasteiger partial charge in [0.25, 0.3) is 0 Å². The Hall–Kier alpha value is -2.14. The van der Waals surface area contributed by atoms with Crippen molar-refractivity contribution < 1.29 is 19.0 Å². The van der Waals surface area contributed by atoms with Gasteiger partial charge in [0.2, 0.25) is 0 Å². The Labute approximate surface area is 212 Å². The molecule has 1 aromatic carbocycles. The summed E-state index contributed by atoms with van der Waals surface area (Å²) in [6.45, 7) is 7.14. The van der Waals surface area contributed by atoms with Crippen LogP contribution in [0, 0.1) is 0 Å². The van der Waals surface area contributed by atoms with Gasteiger partial charge in [-0.05, 0) is 51.8 Å². The third-order valence-electron chi connectivity index (χ3n) is 5.44. The molecule has 1 aliphatic heterocycles. The summed E-state index contributed by atoms with van der Waals surface area (Å²) in [5, 5.41) is 2.35. The Kier molecular flexibility index (Phi) is 7.51. The molecule has 0 radical (unpaired) electrons. The number of ether oxygens (including phenoxy) is 3. The number of nitrogens with zero attached hydrogens (tertiary/aromatic N) is 4. The van der Waals surface area contributed by atoms with E-state index in [2.05, 4.69) is 11.9 Å². The highest BCUT2D eigenvalue weighted by molar-refractivity contribution is 7.29. The van der Waals surface area contributed by atoms with Crippen molar-refractivity contribution in [2.45, 2.75) is 45.3 Å². The number of halogens is 1. The molecule has 4 rings (SSSR count). The predicted octanol–water partition coefficient (Wildman–Crippen LogP) is 5.89. The SMILES string of the molecule is COCOc1cc(Cl)ccc1-c1nc2sc(N(C)C3CCN(C(=O)OC(C)(C)C)CC3)nc2s1. The number of likely N-dealkylation sites (tertiary alicyclic amines) is 1. The van der Waals surface area contributed by atoms with Crippen molar-refractivity contribution in [3.8, 4) is 16.3 Å². The molecule has 0 spiro atoms. The van der Waals surface area contributed by atoms with E-state index in [0.717, 1.165) is 38.2 Å². The van der Waals surface area contributed by atoms with Crippen molar-refractivity contribution in [1.82, 2.24) is 14.9 Å². The standard InChI is InChI=1S/C23H29ClN4O4S2/c1-23(2,3)32-22(29)28-10-8-15(9-11-28)27(4)21-26-20-19(34-21)25-18(33-20)16-7-6-14(24)12-17(16)31-13-30-5/h6-7,12,15H,8-11,13H2,1-5H3. The number of methoxy groups -OCH3 is 1. The maximum atomic E-state index is 12.3. The number of rotatable bonds is 6. The molecule has 0 saturated carbocycles. The third-order valence-corrected chi connectivity index (χ3v) is 7.82. The molecule has 1 amide bonds. The number of piperidine rings is 1. The fourth-order valence-corrected chi connectivity index (χ4v) is 5.99. The molecule has 0 unspecified atom stereocenters. The van der Waals surface area contributed by atoms with Crippen molar-refractivity contribution in [1.29, 1.82) is 0 Å². The van der Waals surface area contributed by atoms with Crippen LogP contribution >= 0.6 is 34.3 Å². The highest BCUT2D eigenvalue weighted by Crippen LogP contribution is 2.40. The molecule has 3 aromatic rings. The Morgan fingerprint density at radius 1 is 1.21 bits per heavy atom. The lowest BCUT2D eigenvalue weighted by atomic mass is 10.0. The summed E-state index contributed by atoms with van der Waals surface area (Å²) in [5.41, 5.74) is 0.382. The minimum atomic E-state index is -0.480. The van der Waals surface area contributed by atoms with Gasteiger partial charge in [-0.3, -0.25) is 0 Å². The fourth-order valence-electron chi connectivity index (χ4n) is 3.73. The molecule has 0 atom stereocenters. The van der Waals surface area contributed by atoms with Crippen LogP contribution in [0.25, 0.3) is 20.2 Å². The number of fused-ring (bicyclic) bond motifs is 1. The van der Waals surface area contributed by atoms with Crippen molar-refractivity contribution in [3.63, 3.8) is 0 Å². The van der Waals surface area contributed by atoms with Gasteiger partial charge < -0.3 is 24.0 Å². The largest absolute Gasteiger partial charge is 0.467 e. The summed E-state index contributed by atoms with van der Waals surface area (Å²) in [5.74, 6) is 0.629. The lowest BCUT2D eigenvalue weighted by Crippen LogP contribution is -2.47. The zero-order valence-corrected chi connectivity index (χ0v) is 22.4. The fraction of sp³-hybridized carbons (Fsp3) is 0.522. The van der Waals surface area contributed by atoms with Crippen molar-refractivity contribution in [2.24, 2.45) is 0 Å². The molecule has 1 fully saturated rings. The predicted molar refractivity (Wildman–Crippen MR) is 137 cm³/mol. The van der Waals surface area contributed by atoms with Gasteiger partial charge in [-0.2, -0.15) is 0 Å². The third kappa shape index (κ3) is 5.73. The summed E-state index contributed by atoms with van der Waals surface area (Å²) < 4.78 is 16.2. The van der Waals surface area contributed by atoms with Crippen LogP contribution < -0.4 is 9.64 Å². The first kappa shape index (κ1) is 25.0. The van der Waals surface area contributed by atoms with Crippen LogP contribution in [-0.4, -0.2) is 66.6 Å². The van der Waals surface area contributed by atoms with E-state index in [1.807, 2.05) is 32.9 Å². The van der Waals surface area contributed by atoms with Crippen molar-refractivity contribution in [3.05, 3.63) is 23.2 Å². The van der Waals surface area contributed by atoms with Gasteiger partial charge in [0, 0.05) is 38.3 Å². The Morgan fingerprint density at radius 3 is 2.56 bits per heavy atom. The number of hydrogen-bond donors (Lipinski definition) is 0. The molecule has 11 heteroatoms. The number of carbonyl (C=O) groups excluding carboxylic acids is 1. The monoisotopic (exact) mass is 524 g/mol. The molecule has 184 valence electrons. The first-order chi connectivity index (χ1) is 16.1. The van der Waals surface area contributed by atoms with E-state index < -0.39 is 5.60 Å². The molecule has 0 N–H and O–H groups in total. The summed E-state index contributed by atoms with van der Waals surface area (Å²) >= 11 is 9.24. The Morgan fingerprint density at radius 2 is 1.91 bits per heavy atom. The van der Waals surface area contributed by atoms with Crippen LogP contribution in [0.4, 0.5) is 9.93 Å². The second-order valence-corrected chi connectivity index (χ2v) is 11.5. The lowest BCUT2D eigenvalue weighted by Gasteiger charge is -2.37. The summed E-state index contributed by atoms with van der Waals surface area (Å²) in [6.07, 6.45) is 1.50. The number of benzene rings is 1. The van der Waals surface area contributed by atoms with Crippen molar-refractivity contribution >= 4 is 55.2 Å². The number of amides is 1. The molecule has 0 aliphatic carbocycles. The second-order valence-electron chi connectivity index (χ2n) is 9.13. The maximum Gasteiger partial charge on any atom is 0.410 e. The zero-order chi connectivity index (χ0) is 24.5. The number of hydrogen-bond acceptors (Lipinski definition) is 9. The van der Waals surface area contributed by atoms with Gasteiger partial charge in [0.1, 0.15) is 16.4 Å². The quantitative estimate of drug-likeness (QED) is 0.372. The van der Waals surface area contributed by atoms with E-state index in [-0.39, 0.29) is 12.9 Å². The van der Waals surface area contributed by atoms with Gasteiger partial charge in [-0.1, -0.05) is 34.3 Å². The first-order valence-electron chi connectivity index (χ1n) is 11.0. The van der Waals surface area contributed by atoms with Crippen LogP contribution in [0.3, 0.4) is 0 Å². The molecule has 34 heavy (non-hydrogen) atoms. The van der Waals surface area contributed by atoms with Crippen molar-refractivity contribution in [2.75, 3.05) is 38.9 Å². The van der Waals surface area contributed by atoms with E-state index >= 15 is 0 Å². The van der Waals surface area contributed by atoms with Crippen LogP contribution in [0.2, 0.25) is 5.02 Å². The van der Waals surface area contributed by atoms with E-state index in [4.69, 9.17) is 35.8 Å². The Balaban J connectivity index is 1.44. The smallest absolute Gasteiger partial charge is 0.410 e. The molecule has 8 nitrogen and oxygen atoms in total. The van der Waals surface area contributed by atoms with E-state index in [9.17, 15) is 4.79 Å². The topological polar surface area (TPSA) is 77.0 Å². The highest BCUT2D eigenvalue weighted by atomic mass is 35.5. The summed E-state index contributed by atoms with van der Waals surface area (Å²) in [4.78, 5) is 27.8. The van der Waals surface area contributed by atoms with Gasteiger partial charge >= 0.3 is 6.09 Å². The summed E-state index contributed by atoms with van der Waals surface area (Å²) in [6, 6.07) is 5.80. The highest BCUT2D eigenvalue weighted by Gasteiger charge is 2.29. The second kappa shape index (κ2) is 10.2. The molecule has 2 aromatic heterocycles. The normalized spacial score (nSPS) is 15.1. The first-order valence-corrected chi connectivity index (χ1v) is 13.1. The van der Waals surface area contributed by atoms with Crippen LogP contribution in [0.5, 0.6) is 5.75 Å². The number of thiazole rings is 2. The molecule has 1 saturated heterocycles.